The first-order valence-corrected chi connectivity index (χ1v) is 7.41. The molecule has 0 bridgehead atoms. The Kier molecular flexibility index (Phi) is 5.14. The predicted octanol–water partition coefficient (Wildman–Crippen LogP) is 2.01. The minimum atomic E-state index is -0.132. The monoisotopic (exact) mass is 289 g/mol. The molecular weight excluding hydrogens is 266 g/mol. The maximum atomic E-state index is 12.3. The van der Waals surface area contributed by atoms with Gasteiger partial charge in [0.2, 0.25) is 0 Å². The lowest BCUT2D eigenvalue weighted by atomic mass is 10.0. The van der Waals surface area contributed by atoms with Gasteiger partial charge in [-0.1, -0.05) is 27.2 Å². The van der Waals surface area contributed by atoms with Gasteiger partial charge in [0.1, 0.15) is 5.69 Å². The van der Waals surface area contributed by atoms with Gasteiger partial charge in [-0.25, -0.2) is 4.98 Å². The Morgan fingerprint density at radius 3 is 2.90 bits per heavy atom. The van der Waals surface area contributed by atoms with Gasteiger partial charge in [0.05, 0.1) is 6.33 Å². The van der Waals surface area contributed by atoms with Crippen LogP contribution in [0.4, 0.5) is 0 Å². The number of H-pyrrole nitrogens is 1. The van der Waals surface area contributed by atoms with Crippen LogP contribution < -0.4 is 5.32 Å². The number of rotatable bonds is 7. The van der Waals surface area contributed by atoms with Gasteiger partial charge in [-0.2, -0.15) is 5.10 Å². The fraction of sp³-hybridized carbons (Fsp3) is 0.533. The second kappa shape index (κ2) is 7.06. The maximum absolute atomic E-state index is 12.3. The fourth-order valence-corrected chi connectivity index (χ4v) is 2.16. The largest absolute Gasteiger partial charge is 0.346 e. The third-order valence-electron chi connectivity index (χ3n) is 3.47. The maximum Gasteiger partial charge on any atom is 0.272 e. The van der Waals surface area contributed by atoms with Crippen LogP contribution in [-0.4, -0.2) is 31.7 Å². The first-order chi connectivity index (χ1) is 10.1. The van der Waals surface area contributed by atoms with Crippen LogP contribution in [0.1, 0.15) is 43.4 Å². The number of aromatic nitrogens is 4. The highest BCUT2D eigenvalue weighted by atomic mass is 16.2. The molecule has 0 radical (unpaired) electrons. The predicted molar refractivity (Wildman–Crippen MR) is 80.9 cm³/mol. The summed E-state index contributed by atoms with van der Waals surface area (Å²) >= 11 is 0. The molecule has 0 aliphatic carbocycles. The molecule has 0 aliphatic heterocycles. The quantitative estimate of drug-likeness (QED) is 0.818. The average Bonchev–Trinajstić information content (AvgIpc) is 3.09. The van der Waals surface area contributed by atoms with Crippen LogP contribution in [0.3, 0.4) is 0 Å². The highest BCUT2D eigenvalue weighted by Gasteiger charge is 2.19. The lowest BCUT2D eigenvalue weighted by molar-refractivity contribution is 0.0915. The third-order valence-corrected chi connectivity index (χ3v) is 3.47. The van der Waals surface area contributed by atoms with E-state index in [9.17, 15) is 4.79 Å². The molecule has 2 aromatic rings. The van der Waals surface area contributed by atoms with E-state index in [0.29, 0.717) is 18.2 Å². The van der Waals surface area contributed by atoms with Gasteiger partial charge in [0, 0.05) is 30.7 Å². The molecule has 1 atom stereocenters. The first-order valence-electron chi connectivity index (χ1n) is 7.41. The molecule has 0 aromatic carbocycles. The van der Waals surface area contributed by atoms with Crippen molar-refractivity contribution in [2.75, 3.05) is 0 Å². The van der Waals surface area contributed by atoms with Gasteiger partial charge >= 0.3 is 0 Å². The zero-order valence-corrected chi connectivity index (χ0v) is 12.8. The standard InChI is InChI=1S/C15H23N5O/c1-4-5-12-8-13(19-18-12)15(21)17-14(11(2)3)9-20-7-6-16-10-20/h6-8,10-11,14H,4-5,9H2,1-3H3,(H,17,21)(H,18,19)/t14-/m0/s1. The van der Waals surface area contributed by atoms with E-state index in [2.05, 4.69) is 41.3 Å². The fourth-order valence-electron chi connectivity index (χ4n) is 2.16. The lowest BCUT2D eigenvalue weighted by Crippen LogP contribution is -2.41. The number of carbonyl (C=O) groups is 1. The molecule has 6 nitrogen and oxygen atoms in total. The topological polar surface area (TPSA) is 75.6 Å². The summed E-state index contributed by atoms with van der Waals surface area (Å²) in [5, 5.41) is 10.1. The number of carbonyl (C=O) groups excluding carboxylic acids is 1. The summed E-state index contributed by atoms with van der Waals surface area (Å²) in [6.45, 7) is 6.99. The van der Waals surface area contributed by atoms with E-state index in [0.717, 1.165) is 18.5 Å². The summed E-state index contributed by atoms with van der Waals surface area (Å²) < 4.78 is 1.97. The Labute approximate surface area is 125 Å². The molecule has 0 saturated heterocycles. The van der Waals surface area contributed by atoms with E-state index in [1.165, 1.54) is 0 Å². The molecule has 0 saturated carbocycles. The Hall–Kier alpha value is -2.11. The lowest BCUT2D eigenvalue weighted by Gasteiger charge is -2.22. The molecule has 0 fully saturated rings. The van der Waals surface area contributed by atoms with Gasteiger partial charge < -0.3 is 9.88 Å². The van der Waals surface area contributed by atoms with Crippen LogP contribution in [0.2, 0.25) is 0 Å². The number of hydrogen-bond donors (Lipinski definition) is 2. The third kappa shape index (κ3) is 4.18. The molecule has 2 N–H and O–H groups in total. The van der Waals surface area contributed by atoms with Crippen LogP contribution in [0.25, 0.3) is 0 Å². The molecule has 2 aromatic heterocycles. The van der Waals surface area contributed by atoms with Crippen LogP contribution in [0, 0.1) is 5.92 Å². The first kappa shape index (κ1) is 15.3. The van der Waals surface area contributed by atoms with E-state index in [4.69, 9.17) is 0 Å². The number of amides is 1. The van der Waals surface area contributed by atoms with Gasteiger partial charge in [-0.05, 0) is 18.4 Å². The molecule has 6 heteroatoms. The summed E-state index contributed by atoms with van der Waals surface area (Å²) in [5.74, 6) is 0.192. The number of aryl methyl sites for hydroxylation is 1. The van der Waals surface area contributed by atoms with Crippen molar-refractivity contribution in [3.8, 4) is 0 Å². The number of aromatic amines is 1. The Morgan fingerprint density at radius 2 is 2.29 bits per heavy atom. The highest BCUT2D eigenvalue weighted by Crippen LogP contribution is 2.08. The normalized spacial score (nSPS) is 12.6. The molecule has 2 rings (SSSR count). The second-order valence-corrected chi connectivity index (χ2v) is 5.61. The van der Waals surface area contributed by atoms with E-state index in [-0.39, 0.29) is 11.9 Å². The van der Waals surface area contributed by atoms with Gasteiger partial charge in [0.15, 0.2) is 0 Å². The van der Waals surface area contributed by atoms with Crippen LogP contribution >= 0.6 is 0 Å². The van der Waals surface area contributed by atoms with Gasteiger partial charge in [0.25, 0.3) is 5.91 Å². The summed E-state index contributed by atoms with van der Waals surface area (Å²) in [4.78, 5) is 16.3. The summed E-state index contributed by atoms with van der Waals surface area (Å²) in [6.07, 6.45) is 7.33. The second-order valence-electron chi connectivity index (χ2n) is 5.61. The minimum absolute atomic E-state index is 0.0398. The van der Waals surface area contributed by atoms with Crippen LogP contribution in [0.5, 0.6) is 0 Å². The van der Waals surface area contributed by atoms with Crippen molar-refractivity contribution in [2.45, 2.75) is 46.2 Å². The number of nitrogens with one attached hydrogen (secondary N) is 2. The summed E-state index contributed by atoms with van der Waals surface area (Å²) in [7, 11) is 0. The van der Waals surface area contributed by atoms with Crippen molar-refractivity contribution in [3.05, 3.63) is 36.2 Å². The number of imidazole rings is 1. The molecule has 0 aliphatic rings. The highest BCUT2D eigenvalue weighted by molar-refractivity contribution is 5.92. The van der Waals surface area contributed by atoms with Crippen molar-refractivity contribution >= 4 is 5.91 Å². The van der Waals surface area contributed by atoms with Crippen molar-refractivity contribution < 1.29 is 4.79 Å². The Bertz CT molecular complexity index is 558. The zero-order chi connectivity index (χ0) is 15.2. The van der Waals surface area contributed by atoms with E-state index in [1.807, 2.05) is 16.8 Å². The van der Waals surface area contributed by atoms with Gasteiger partial charge in [-0.3, -0.25) is 9.89 Å². The zero-order valence-electron chi connectivity index (χ0n) is 12.8. The molecule has 21 heavy (non-hydrogen) atoms. The van der Waals surface area contributed by atoms with Crippen molar-refractivity contribution in [2.24, 2.45) is 5.92 Å². The van der Waals surface area contributed by atoms with Crippen LogP contribution in [0.15, 0.2) is 24.8 Å². The van der Waals surface area contributed by atoms with Gasteiger partial charge in [-0.15, -0.1) is 0 Å². The van der Waals surface area contributed by atoms with E-state index >= 15 is 0 Å². The van der Waals surface area contributed by atoms with Crippen molar-refractivity contribution in [1.29, 1.82) is 0 Å². The minimum Gasteiger partial charge on any atom is -0.346 e. The van der Waals surface area contributed by atoms with Crippen molar-refractivity contribution in [1.82, 2.24) is 25.1 Å². The summed E-state index contributed by atoms with van der Waals surface area (Å²) in [5.41, 5.74) is 1.45. The Morgan fingerprint density at radius 1 is 1.48 bits per heavy atom. The molecule has 0 spiro atoms. The van der Waals surface area contributed by atoms with Crippen molar-refractivity contribution in [3.63, 3.8) is 0 Å². The summed E-state index contributed by atoms with van der Waals surface area (Å²) in [6, 6.07) is 1.87. The molecule has 1 amide bonds. The SMILES string of the molecule is CCCc1cc(C(=O)N[C@@H](Cn2ccnc2)C(C)C)n[nH]1. The number of hydrogen-bond acceptors (Lipinski definition) is 3. The van der Waals surface area contributed by atoms with E-state index in [1.54, 1.807) is 12.5 Å². The smallest absolute Gasteiger partial charge is 0.272 e. The van der Waals surface area contributed by atoms with E-state index < -0.39 is 0 Å². The molecular formula is C15H23N5O. The number of nitrogens with zero attached hydrogens (tertiary/aromatic N) is 3. The van der Waals surface area contributed by atoms with Crippen LogP contribution in [-0.2, 0) is 13.0 Å². The molecule has 114 valence electrons. The Balaban J connectivity index is 2.00. The molecule has 0 unspecified atom stereocenters. The average molecular weight is 289 g/mol. The molecule has 2 heterocycles.